The number of hydrogen-bond acceptors (Lipinski definition) is 2. The number of carbonyl (C=O) groups is 2. The highest BCUT2D eigenvalue weighted by molar-refractivity contribution is 5.90. The fourth-order valence-corrected chi connectivity index (χ4v) is 1.30. The van der Waals surface area contributed by atoms with E-state index in [1.165, 1.54) is 17.0 Å². The van der Waals surface area contributed by atoms with Crippen LogP contribution in [0, 0.1) is 0 Å². The lowest BCUT2D eigenvalue weighted by Gasteiger charge is -2.16. The molecule has 0 aliphatic rings. The molecule has 1 rings (SSSR count). The van der Waals surface area contributed by atoms with Gasteiger partial charge in [0.05, 0.1) is 5.56 Å². The van der Waals surface area contributed by atoms with E-state index in [-0.39, 0.29) is 5.56 Å². The van der Waals surface area contributed by atoms with Crippen molar-refractivity contribution in [3.05, 3.63) is 29.8 Å². The Morgan fingerprint density at radius 2 is 2.27 bits per heavy atom. The predicted octanol–water partition coefficient (Wildman–Crippen LogP) is 1.76. The number of rotatable bonds is 5. The van der Waals surface area contributed by atoms with Gasteiger partial charge in [0.25, 0.3) is 0 Å². The maximum absolute atomic E-state index is 10.8. The molecule has 0 heterocycles. The van der Waals surface area contributed by atoms with E-state index in [0.717, 1.165) is 6.42 Å². The van der Waals surface area contributed by atoms with Gasteiger partial charge in [-0.2, -0.15) is 0 Å². The quantitative estimate of drug-likeness (QED) is 0.748. The van der Waals surface area contributed by atoms with Crippen molar-refractivity contribution in [1.82, 2.24) is 0 Å². The van der Waals surface area contributed by atoms with Crippen LogP contribution in [0.15, 0.2) is 24.3 Å². The van der Waals surface area contributed by atoms with E-state index < -0.39 is 5.97 Å². The number of hydrogen-bond donors (Lipinski definition) is 1. The molecule has 1 amide bonds. The van der Waals surface area contributed by atoms with E-state index in [0.29, 0.717) is 18.6 Å². The van der Waals surface area contributed by atoms with Crippen molar-refractivity contribution in [2.75, 3.05) is 11.4 Å². The van der Waals surface area contributed by atoms with Gasteiger partial charge >= 0.3 is 5.97 Å². The van der Waals surface area contributed by atoms with Gasteiger partial charge in [-0.3, -0.25) is 4.79 Å². The first-order valence-corrected chi connectivity index (χ1v) is 4.74. The fraction of sp³-hybridized carbons (Fsp3) is 0.273. The van der Waals surface area contributed by atoms with Crippen LogP contribution in [-0.4, -0.2) is 24.0 Å². The second-order valence-corrected chi connectivity index (χ2v) is 3.15. The summed E-state index contributed by atoms with van der Waals surface area (Å²) in [6.45, 7) is 2.55. The van der Waals surface area contributed by atoms with E-state index in [1.807, 2.05) is 6.92 Å². The van der Waals surface area contributed by atoms with Crippen LogP contribution in [0.4, 0.5) is 5.69 Å². The van der Waals surface area contributed by atoms with Crippen LogP contribution in [-0.2, 0) is 4.79 Å². The molecule has 15 heavy (non-hydrogen) atoms. The topological polar surface area (TPSA) is 57.6 Å². The summed E-state index contributed by atoms with van der Waals surface area (Å²) >= 11 is 0. The Labute approximate surface area is 88.1 Å². The Hall–Kier alpha value is -1.84. The highest BCUT2D eigenvalue weighted by atomic mass is 16.4. The Morgan fingerprint density at radius 3 is 2.80 bits per heavy atom. The summed E-state index contributed by atoms with van der Waals surface area (Å²) in [5.74, 6) is -0.987. The molecule has 1 aromatic carbocycles. The number of aromatic carboxylic acids is 1. The zero-order chi connectivity index (χ0) is 11.3. The lowest BCUT2D eigenvalue weighted by atomic mass is 10.2. The van der Waals surface area contributed by atoms with E-state index in [2.05, 4.69) is 0 Å². The van der Waals surface area contributed by atoms with Crippen LogP contribution < -0.4 is 4.90 Å². The largest absolute Gasteiger partial charge is 0.478 e. The third kappa shape index (κ3) is 2.80. The Kier molecular flexibility index (Phi) is 3.85. The zero-order valence-electron chi connectivity index (χ0n) is 8.51. The van der Waals surface area contributed by atoms with E-state index in [9.17, 15) is 9.59 Å². The standard InChI is InChI=1S/C11H13NO3/c1-2-6-12(8-13)10-5-3-4-9(7-10)11(14)15/h3-5,7-8H,2,6H2,1H3,(H,14,15). The molecule has 0 spiro atoms. The van der Waals surface area contributed by atoms with Gasteiger partial charge in [0.15, 0.2) is 0 Å². The van der Waals surface area contributed by atoms with Crippen LogP contribution in [0.5, 0.6) is 0 Å². The van der Waals surface area contributed by atoms with E-state index >= 15 is 0 Å². The van der Waals surface area contributed by atoms with Crippen molar-refractivity contribution in [3.63, 3.8) is 0 Å². The summed E-state index contributed by atoms with van der Waals surface area (Å²) in [5, 5.41) is 8.79. The van der Waals surface area contributed by atoms with Crippen LogP contribution in [0.25, 0.3) is 0 Å². The molecule has 1 N–H and O–H groups in total. The summed E-state index contributed by atoms with van der Waals surface area (Å²) in [7, 11) is 0. The minimum absolute atomic E-state index is 0.190. The minimum Gasteiger partial charge on any atom is -0.478 e. The van der Waals surface area contributed by atoms with Crippen molar-refractivity contribution < 1.29 is 14.7 Å². The molecule has 0 atom stereocenters. The molecule has 80 valence electrons. The summed E-state index contributed by atoms with van der Waals surface area (Å²) in [5.41, 5.74) is 0.808. The summed E-state index contributed by atoms with van der Waals surface area (Å²) in [6.07, 6.45) is 1.54. The van der Waals surface area contributed by atoms with Gasteiger partial charge in [-0.15, -0.1) is 0 Å². The van der Waals surface area contributed by atoms with Crippen LogP contribution >= 0.6 is 0 Å². The Bertz CT molecular complexity index is 363. The van der Waals surface area contributed by atoms with Gasteiger partial charge in [-0.1, -0.05) is 13.0 Å². The van der Waals surface area contributed by atoms with Crippen molar-refractivity contribution in [1.29, 1.82) is 0 Å². The van der Waals surface area contributed by atoms with Crippen molar-refractivity contribution >= 4 is 18.1 Å². The second kappa shape index (κ2) is 5.14. The van der Waals surface area contributed by atoms with Gasteiger partial charge in [0.1, 0.15) is 0 Å². The summed E-state index contributed by atoms with van der Waals surface area (Å²) in [4.78, 5) is 23.0. The monoisotopic (exact) mass is 207 g/mol. The normalized spacial score (nSPS) is 9.67. The molecule has 1 aromatic rings. The van der Waals surface area contributed by atoms with Crippen LogP contribution in [0.2, 0.25) is 0 Å². The summed E-state index contributed by atoms with van der Waals surface area (Å²) in [6, 6.07) is 6.34. The smallest absolute Gasteiger partial charge is 0.335 e. The molecule has 0 aromatic heterocycles. The molecular formula is C11H13NO3. The predicted molar refractivity (Wildman–Crippen MR) is 57.1 cm³/mol. The molecule has 0 aliphatic heterocycles. The molecule has 0 saturated heterocycles. The third-order valence-electron chi connectivity index (χ3n) is 2.02. The third-order valence-corrected chi connectivity index (χ3v) is 2.02. The van der Waals surface area contributed by atoms with E-state index in [4.69, 9.17) is 5.11 Å². The first-order chi connectivity index (χ1) is 7.19. The molecule has 0 saturated carbocycles. The highest BCUT2D eigenvalue weighted by Gasteiger charge is 2.07. The van der Waals surface area contributed by atoms with Gasteiger partial charge in [-0.25, -0.2) is 4.79 Å². The molecule has 0 unspecified atom stereocenters. The SMILES string of the molecule is CCCN(C=O)c1cccc(C(=O)O)c1. The average Bonchev–Trinajstić information content (AvgIpc) is 2.26. The first-order valence-electron chi connectivity index (χ1n) is 4.74. The molecular weight excluding hydrogens is 194 g/mol. The number of carboxylic acids is 1. The number of anilines is 1. The van der Waals surface area contributed by atoms with Crippen LogP contribution in [0.1, 0.15) is 23.7 Å². The maximum atomic E-state index is 10.8. The number of carboxylic acid groups (broad SMARTS) is 1. The lowest BCUT2D eigenvalue weighted by molar-refractivity contribution is -0.107. The second-order valence-electron chi connectivity index (χ2n) is 3.15. The lowest BCUT2D eigenvalue weighted by Crippen LogP contribution is -2.21. The molecule has 0 aliphatic carbocycles. The van der Waals surface area contributed by atoms with Crippen LogP contribution in [0.3, 0.4) is 0 Å². The average molecular weight is 207 g/mol. The van der Waals surface area contributed by atoms with Gasteiger partial charge in [0.2, 0.25) is 6.41 Å². The molecule has 0 radical (unpaired) electrons. The van der Waals surface area contributed by atoms with E-state index in [1.54, 1.807) is 12.1 Å². The summed E-state index contributed by atoms with van der Waals surface area (Å²) < 4.78 is 0. The fourth-order valence-electron chi connectivity index (χ4n) is 1.30. The van der Waals surface area contributed by atoms with Gasteiger partial charge in [0, 0.05) is 12.2 Å². The number of nitrogens with zero attached hydrogens (tertiary/aromatic N) is 1. The number of amides is 1. The number of benzene rings is 1. The number of carbonyl (C=O) groups excluding carboxylic acids is 1. The highest BCUT2D eigenvalue weighted by Crippen LogP contribution is 2.15. The molecule has 4 heteroatoms. The Balaban J connectivity index is 2.97. The molecule has 0 fully saturated rings. The zero-order valence-corrected chi connectivity index (χ0v) is 8.51. The van der Waals surface area contributed by atoms with Gasteiger partial charge < -0.3 is 10.0 Å². The van der Waals surface area contributed by atoms with Crippen molar-refractivity contribution in [2.45, 2.75) is 13.3 Å². The minimum atomic E-state index is -0.987. The molecule has 0 bridgehead atoms. The van der Waals surface area contributed by atoms with Crippen molar-refractivity contribution in [2.24, 2.45) is 0 Å². The van der Waals surface area contributed by atoms with Gasteiger partial charge in [-0.05, 0) is 24.6 Å². The molecule has 4 nitrogen and oxygen atoms in total. The Morgan fingerprint density at radius 1 is 1.53 bits per heavy atom. The first kappa shape index (κ1) is 11.2. The maximum Gasteiger partial charge on any atom is 0.335 e. The van der Waals surface area contributed by atoms with Crippen molar-refractivity contribution in [3.8, 4) is 0 Å².